The molecule has 4 saturated heterocycles. The molecular formula is C68H106N22O15S2. The molecule has 6 rings (SSSR count). The average molecular weight is 1540 g/mol. The molecule has 4 fully saturated rings. The lowest BCUT2D eigenvalue weighted by atomic mass is 10.0. The molecule has 23 N–H and O–H groups in total. The summed E-state index contributed by atoms with van der Waals surface area (Å²) in [4.78, 5) is 217. The number of nitrogens with one attached hydrogen (secondary N) is 12. The highest BCUT2D eigenvalue weighted by Gasteiger charge is 2.42. The van der Waals surface area contributed by atoms with Crippen LogP contribution in [0.15, 0.2) is 52.8 Å². The third-order valence-electron chi connectivity index (χ3n) is 18.3. The molecule has 0 aliphatic carbocycles. The number of benzene rings is 1. The van der Waals surface area contributed by atoms with Crippen LogP contribution in [0.4, 0.5) is 0 Å². The van der Waals surface area contributed by atoms with Gasteiger partial charge >= 0.3 is 5.97 Å². The van der Waals surface area contributed by atoms with Crippen molar-refractivity contribution in [2.24, 2.45) is 44.6 Å². The number of carboxylic acid groups (broad SMARTS) is 1. The van der Waals surface area contributed by atoms with Crippen molar-refractivity contribution in [1.82, 2.24) is 78.3 Å². The van der Waals surface area contributed by atoms with Gasteiger partial charge in [0.1, 0.15) is 72.5 Å². The van der Waals surface area contributed by atoms with Crippen molar-refractivity contribution in [3.63, 3.8) is 0 Å². The highest BCUT2D eigenvalue weighted by atomic mass is 33.1. The molecule has 0 unspecified atom stereocenters. The number of amides is 13. The number of carboxylic acids is 1. The molecule has 0 spiro atoms. The Hall–Kier alpha value is -9.79. The minimum Gasteiger partial charge on any atom is -0.480 e. The molecule has 4 aliphatic rings. The van der Waals surface area contributed by atoms with Gasteiger partial charge in [-0.25, -0.2) is 9.78 Å². The topological polar surface area (TPSA) is 582 Å². The first-order valence-corrected chi connectivity index (χ1v) is 38.8. The summed E-state index contributed by atoms with van der Waals surface area (Å²) in [7, 11) is 1.84. The third-order valence-corrected chi connectivity index (χ3v) is 20.7. The molecule has 590 valence electrons. The number of hydrogen-bond acceptors (Lipinski definition) is 20. The largest absolute Gasteiger partial charge is 0.480 e. The van der Waals surface area contributed by atoms with Crippen LogP contribution in [-0.4, -0.2) is 243 Å². The fraction of sp³-hybridized carbons (Fsp3) is 0.632. The lowest BCUT2D eigenvalue weighted by Crippen LogP contribution is -2.61. The number of aromatic nitrogens is 2. The second-order valence-electron chi connectivity index (χ2n) is 27.2. The second kappa shape index (κ2) is 44.4. The zero-order chi connectivity index (χ0) is 78.1. The van der Waals surface area contributed by atoms with Crippen molar-refractivity contribution in [3.05, 3.63) is 54.1 Å². The first-order chi connectivity index (χ1) is 51.2. The Morgan fingerprint density at radius 3 is 1.93 bits per heavy atom. The zero-order valence-corrected chi connectivity index (χ0v) is 62.4. The summed E-state index contributed by atoms with van der Waals surface area (Å²) < 4.78 is 0. The quantitative estimate of drug-likeness (QED) is 0.0140. The number of nitrogens with zero attached hydrogens (tertiary/aromatic N) is 5. The van der Waals surface area contributed by atoms with Gasteiger partial charge in [-0.2, -0.15) is 0 Å². The van der Waals surface area contributed by atoms with E-state index in [0.717, 1.165) is 21.6 Å². The fourth-order valence-electron chi connectivity index (χ4n) is 12.6. The summed E-state index contributed by atoms with van der Waals surface area (Å²) in [5.74, 6) is -12.7. The number of aliphatic carboxylic acids is 1. The Balaban J connectivity index is 1.34. The van der Waals surface area contributed by atoms with Crippen LogP contribution in [-0.2, 0) is 80.0 Å². The molecule has 12 atom stereocenters. The van der Waals surface area contributed by atoms with E-state index < -0.39 is 156 Å². The van der Waals surface area contributed by atoms with E-state index in [2.05, 4.69) is 78.4 Å². The molecular weight excluding hydrogens is 1430 g/mol. The van der Waals surface area contributed by atoms with E-state index in [1.54, 1.807) is 44.2 Å². The van der Waals surface area contributed by atoms with Gasteiger partial charge in [0.15, 0.2) is 11.9 Å². The lowest BCUT2D eigenvalue weighted by molar-refractivity contribution is -0.142. The van der Waals surface area contributed by atoms with Gasteiger partial charge in [-0.15, -0.1) is 0 Å². The molecule has 5 heterocycles. The first kappa shape index (κ1) is 86.1. The van der Waals surface area contributed by atoms with E-state index in [-0.39, 0.29) is 151 Å². The Kier molecular flexibility index (Phi) is 35.7. The van der Waals surface area contributed by atoms with Gasteiger partial charge in [-0.05, 0) is 108 Å². The predicted molar refractivity (Wildman–Crippen MR) is 398 cm³/mol. The maximum Gasteiger partial charge on any atom is 0.326 e. The van der Waals surface area contributed by atoms with Crippen LogP contribution in [0, 0.1) is 5.92 Å². The summed E-state index contributed by atoms with van der Waals surface area (Å²) in [6, 6.07) is -7.51. The molecule has 4 aliphatic heterocycles. The summed E-state index contributed by atoms with van der Waals surface area (Å²) in [6.45, 7) is 5.31. The molecule has 1 aromatic carbocycles. The van der Waals surface area contributed by atoms with E-state index in [1.165, 1.54) is 22.3 Å². The van der Waals surface area contributed by atoms with Crippen LogP contribution in [0.2, 0.25) is 0 Å². The Morgan fingerprint density at radius 1 is 0.654 bits per heavy atom. The third kappa shape index (κ3) is 28.5. The Labute approximate surface area is 628 Å². The number of aliphatic imine (C=N–C) groups is 2. The number of unbranched alkanes of at least 4 members (excludes halogenated alkanes) is 2. The highest BCUT2D eigenvalue weighted by Crippen LogP contribution is 2.26. The maximum atomic E-state index is 15.2. The van der Waals surface area contributed by atoms with Crippen LogP contribution in [0.3, 0.4) is 0 Å². The van der Waals surface area contributed by atoms with Crippen molar-refractivity contribution in [1.29, 1.82) is 0 Å². The van der Waals surface area contributed by atoms with E-state index >= 15 is 9.59 Å². The van der Waals surface area contributed by atoms with Crippen molar-refractivity contribution in [3.8, 4) is 0 Å². The summed E-state index contributed by atoms with van der Waals surface area (Å²) in [5.41, 5.74) is 29.1. The summed E-state index contributed by atoms with van der Waals surface area (Å²) in [5, 5.41) is 40.1. The predicted octanol–water partition coefficient (Wildman–Crippen LogP) is -4.11. The molecule has 1 aromatic heterocycles. The number of nitrogens with two attached hydrogens (primary N) is 5. The van der Waals surface area contributed by atoms with Crippen LogP contribution in [0.1, 0.15) is 141 Å². The molecule has 2 aromatic rings. The van der Waals surface area contributed by atoms with Crippen LogP contribution < -0.4 is 87.2 Å². The van der Waals surface area contributed by atoms with Crippen LogP contribution in [0.25, 0.3) is 0 Å². The number of rotatable bonds is 33. The molecule has 0 bridgehead atoms. The summed E-state index contributed by atoms with van der Waals surface area (Å²) in [6.07, 6.45) is 5.75. The lowest BCUT2D eigenvalue weighted by Gasteiger charge is -2.31. The van der Waals surface area contributed by atoms with E-state index in [9.17, 15) is 62.6 Å². The van der Waals surface area contributed by atoms with Gasteiger partial charge in [0, 0.05) is 68.8 Å². The molecule has 0 radical (unpaired) electrons. The van der Waals surface area contributed by atoms with Gasteiger partial charge in [-0.1, -0.05) is 85.5 Å². The Morgan fingerprint density at radius 2 is 1.28 bits per heavy atom. The normalized spacial score (nSPS) is 22.5. The van der Waals surface area contributed by atoms with Crippen molar-refractivity contribution in [2.75, 3.05) is 50.8 Å². The number of guanidine groups is 2. The molecule has 13 amide bonds. The molecule has 0 saturated carbocycles. The molecule has 107 heavy (non-hydrogen) atoms. The van der Waals surface area contributed by atoms with Gasteiger partial charge in [0.05, 0.1) is 12.9 Å². The number of carbonyl (C=O) groups is 14. The molecule has 37 nitrogen and oxygen atoms in total. The van der Waals surface area contributed by atoms with Gasteiger partial charge < -0.3 is 107 Å². The van der Waals surface area contributed by atoms with E-state index in [1.807, 2.05) is 6.92 Å². The van der Waals surface area contributed by atoms with Gasteiger partial charge in [0.25, 0.3) is 0 Å². The molecule has 39 heteroatoms. The Bertz CT molecular complexity index is 3440. The number of imidazole rings is 1. The first-order valence-electron chi connectivity index (χ1n) is 36.4. The average Bonchev–Trinajstić information content (AvgIpc) is 1.74. The number of H-pyrrole nitrogens is 1. The van der Waals surface area contributed by atoms with Crippen LogP contribution in [0.5, 0.6) is 0 Å². The minimum absolute atomic E-state index is 0.00452. The van der Waals surface area contributed by atoms with Crippen molar-refractivity contribution >= 4 is 116 Å². The SMILES string of the molecule is CCCC[C@@H]1NC(=O)[C@@H]2CCCN2C(=O)CNC(=O)[C@H](CCCCN)NC(=O)[C@H](Cc2cnc[nH]2)NC(=O)[C@@H](NC(=O)[C@H](CC(C)C)NC(=O)[C@H](CCCN=C(N)N)NC(=O)[C@@H]2CCCN2C(=O)[C@H](CCCN=C(N)N)NC(=O)[C@@H]2CCC(=O)N2)CSSC[C@@H](C(=O)N[C@@H](Cc2ccccc2)C(=O)O)NC1=O. The van der Waals surface area contributed by atoms with E-state index in [0.29, 0.717) is 49.8 Å². The number of carbonyl (C=O) groups excluding carboxylic acids is 13. The number of aromatic amines is 1. The number of fused-ring (bicyclic) bond motifs is 1. The summed E-state index contributed by atoms with van der Waals surface area (Å²) >= 11 is 0. The highest BCUT2D eigenvalue weighted by molar-refractivity contribution is 8.76. The maximum absolute atomic E-state index is 15.2. The van der Waals surface area contributed by atoms with Gasteiger partial charge in [0.2, 0.25) is 76.8 Å². The van der Waals surface area contributed by atoms with E-state index in [4.69, 9.17) is 28.7 Å². The van der Waals surface area contributed by atoms with Crippen molar-refractivity contribution in [2.45, 2.75) is 215 Å². The van der Waals surface area contributed by atoms with Gasteiger partial charge in [-0.3, -0.25) is 72.3 Å². The second-order valence-corrected chi connectivity index (χ2v) is 29.7. The standard InChI is InChI=1S/C68H106N22O15S2/c1-4-5-17-42-57(95)87-50(62(100)86-48(66(104)105)31-39-15-7-6-8-16-39)36-107-106-35-49(61(99)85-47(32-40-33-74-37-78-40)60(98)80-41(18-9-10-25-69)55(93)77-34-54(92)89-28-13-21-51(89)63(101)81-42)88-59(97)46(30-38(2)3)84-56(94)43(19-11-26-75-67(70)71)82-64(102)52-22-14-29-90(52)65(103)45(20-12-27-76-68(72)73)83-58(96)44-23-24-53(91)79-44/h6-8,15-16,33,37-38,41-52H,4-5,9-14,17-32,34-36,69H2,1-3H3,(H,74,78)(H,77,93)(H,79,91)(H,80,98)(H,81,101)(H,82,102)(H,83,96)(H,84,94)(H,85,99)(H,86,100)(H,87,95)(H,88,97)(H,104,105)(H4,70,71,75)(H4,72,73,76)/t41-,42-,43-,44-,45-,46-,47-,48-,49-,50-,51-,52-/m0/s1. The fourth-order valence-corrected chi connectivity index (χ4v) is 15.0. The van der Waals surface area contributed by atoms with Crippen LogP contribution >= 0.6 is 21.6 Å². The van der Waals surface area contributed by atoms with Crippen molar-refractivity contribution < 1.29 is 72.2 Å². The number of hydrogen-bond donors (Lipinski definition) is 18. The smallest absolute Gasteiger partial charge is 0.326 e. The number of likely N-dealkylation sites (tertiary alicyclic amines) is 1. The zero-order valence-electron chi connectivity index (χ0n) is 60.7. The monoisotopic (exact) mass is 1530 g/mol. The minimum atomic E-state index is -1.63.